The lowest BCUT2D eigenvalue weighted by Crippen LogP contribution is -2.55. The predicted molar refractivity (Wildman–Crippen MR) is 163 cm³/mol. The Morgan fingerprint density at radius 3 is 2.59 bits per heavy atom. The van der Waals surface area contributed by atoms with Crippen molar-refractivity contribution in [3.05, 3.63) is 53.2 Å². The summed E-state index contributed by atoms with van der Waals surface area (Å²) in [5.74, 6) is 0.876. The molecule has 2 aliphatic rings. The summed E-state index contributed by atoms with van der Waals surface area (Å²) in [5, 5.41) is 0.745. The van der Waals surface area contributed by atoms with Crippen LogP contribution in [-0.4, -0.2) is 71.4 Å². The summed E-state index contributed by atoms with van der Waals surface area (Å²) in [4.78, 5) is 30.0. The van der Waals surface area contributed by atoms with Crippen LogP contribution in [0.5, 0.6) is 0 Å². The van der Waals surface area contributed by atoms with Gasteiger partial charge in [0.25, 0.3) is 0 Å². The highest BCUT2D eigenvalue weighted by Gasteiger charge is 2.38. The number of piperazine rings is 1. The summed E-state index contributed by atoms with van der Waals surface area (Å²) in [6.07, 6.45) is 6.11. The topological polar surface area (TPSA) is 106 Å². The Balaban J connectivity index is 1.57. The molecular formula is C32H31F2N5O4S. The Labute approximate surface area is 254 Å². The zero-order valence-electron chi connectivity index (χ0n) is 24.8. The van der Waals surface area contributed by atoms with Gasteiger partial charge in [0.15, 0.2) is 5.82 Å². The molecule has 1 fully saturated rings. The van der Waals surface area contributed by atoms with Gasteiger partial charge < -0.3 is 14.5 Å². The third-order valence-corrected chi connectivity index (χ3v) is 9.49. The molecule has 0 spiro atoms. The predicted octanol–water partition coefficient (Wildman–Crippen LogP) is 5.27. The van der Waals surface area contributed by atoms with E-state index in [0.717, 1.165) is 0 Å². The number of carbonyl (C=O) groups excluding carboxylic acids is 1. The van der Waals surface area contributed by atoms with Crippen molar-refractivity contribution in [2.75, 3.05) is 30.3 Å². The molecule has 1 atom stereocenters. The molecular weight excluding hydrogens is 588 g/mol. The maximum Gasteiger partial charge on any atom is 0.410 e. The molecule has 0 saturated carbocycles. The van der Waals surface area contributed by atoms with Crippen LogP contribution in [0.25, 0.3) is 32.9 Å². The molecule has 0 bridgehead atoms. The maximum absolute atomic E-state index is 16.7. The fraction of sp³-hybridized carbons (Fsp3) is 0.375. The van der Waals surface area contributed by atoms with E-state index < -0.39 is 38.3 Å². The number of ether oxygens (including phenoxy) is 1. The number of carbonyl (C=O) groups is 1. The van der Waals surface area contributed by atoms with Crippen LogP contribution in [0.3, 0.4) is 0 Å². The van der Waals surface area contributed by atoms with Crippen molar-refractivity contribution in [1.82, 2.24) is 19.9 Å². The summed E-state index contributed by atoms with van der Waals surface area (Å²) < 4.78 is 63.3. The number of sulfone groups is 1. The lowest BCUT2D eigenvalue weighted by Gasteiger charge is -2.41. The number of rotatable bonds is 3. The Hall–Kier alpha value is -4.37. The number of pyridine rings is 1. The molecule has 44 heavy (non-hydrogen) atoms. The molecule has 2 aromatic carbocycles. The first-order valence-corrected chi connectivity index (χ1v) is 16.0. The molecule has 0 N–H and O–H groups in total. The number of hydrogen-bond donors (Lipinski definition) is 0. The van der Waals surface area contributed by atoms with Crippen molar-refractivity contribution in [3.63, 3.8) is 0 Å². The molecule has 9 nitrogen and oxygen atoms in total. The van der Waals surface area contributed by atoms with Crippen LogP contribution < -0.4 is 4.90 Å². The van der Waals surface area contributed by atoms with Crippen molar-refractivity contribution in [2.24, 2.45) is 0 Å². The number of aromatic nitrogens is 3. The molecule has 12 heteroatoms. The van der Waals surface area contributed by atoms with Gasteiger partial charge in [-0.2, -0.15) is 0 Å². The van der Waals surface area contributed by atoms with Gasteiger partial charge in [-0.25, -0.2) is 36.9 Å². The molecule has 4 heterocycles. The number of nitrogens with zero attached hydrogens (tertiary/aromatic N) is 5. The summed E-state index contributed by atoms with van der Waals surface area (Å²) in [5.41, 5.74) is -0.253. The minimum atomic E-state index is -3.95. The van der Waals surface area contributed by atoms with Crippen molar-refractivity contribution in [3.8, 4) is 23.6 Å². The summed E-state index contributed by atoms with van der Waals surface area (Å²) in [7, 11) is -3.95. The van der Waals surface area contributed by atoms with Gasteiger partial charge in [0.05, 0.1) is 22.4 Å². The monoisotopic (exact) mass is 619 g/mol. The molecule has 2 aromatic heterocycles. The SMILES string of the molecule is C#Cc1c(F)ccc2cccc(-c3nc4c5c(nc(S(=O)(=O)CC)nc5c3F)N3CCN(C(=O)OC(C)(C)C)C[C@H]3CC4)c12. The smallest absolute Gasteiger partial charge is 0.410 e. The first-order chi connectivity index (χ1) is 20.8. The van der Waals surface area contributed by atoms with Gasteiger partial charge in [0.2, 0.25) is 15.0 Å². The van der Waals surface area contributed by atoms with Gasteiger partial charge in [0.1, 0.15) is 28.4 Å². The third kappa shape index (κ3) is 4.99. The zero-order valence-corrected chi connectivity index (χ0v) is 25.6. The van der Waals surface area contributed by atoms with E-state index >= 15 is 4.39 Å². The largest absolute Gasteiger partial charge is 0.444 e. The minimum absolute atomic E-state index is 0.0257. The highest BCUT2D eigenvalue weighted by Crippen LogP contribution is 2.40. The Morgan fingerprint density at radius 2 is 1.89 bits per heavy atom. The molecule has 6 rings (SSSR count). The van der Waals surface area contributed by atoms with Crippen LogP contribution in [-0.2, 0) is 21.0 Å². The highest BCUT2D eigenvalue weighted by molar-refractivity contribution is 7.91. The van der Waals surface area contributed by atoms with E-state index in [4.69, 9.17) is 16.1 Å². The number of hydrogen-bond acceptors (Lipinski definition) is 8. The van der Waals surface area contributed by atoms with E-state index in [9.17, 15) is 17.6 Å². The average molecular weight is 620 g/mol. The van der Waals surface area contributed by atoms with Crippen LogP contribution in [0.15, 0.2) is 35.5 Å². The zero-order chi connectivity index (χ0) is 31.6. The van der Waals surface area contributed by atoms with Crippen LogP contribution in [0.4, 0.5) is 19.4 Å². The van der Waals surface area contributed by atoms with Crippen molar-refractivity contribution < 1.29 is 26.7 Å². The Morgan fingerprint density at radius 1 is 1.11 bits per heavy atom. The van der Waals surface area contributed by atoms with Gasteiger partial charge in [0, 0.05) is 36.6 Å². The number of halogens is 2. The summed E-state index contributed by atoms with van der Waals surface area (Å²) >= 11 is 0. The number of benzene rings is 2. The molecule has 0 unspecified atom stereocenters. The van der Waals surface area contributed by atoms with Gasteiger partial charge in [-0.1, -0.05) is 37.1 Å². The number of amides is 1. The molecule has 1 amide bonds. The van der Waals surface area contributed by atoms with Crippen LogP contribution in [0.2, 0.25) is 0 Å². The Kier molecular flexibility index (Phi) is 7.19. The van der Waals surface area contributed by atoms with Crippen LogP contribution in [0, 0.1) is 24.0 Å². The van der Waals surface area contributed by atoms with Crippen molar-refractivity contribution >= 4 is 43.4 Å². The number of aryl methyl sites for hydroxylation is 1. The number of anilines is 1. The van der Waals surface area contributed by atoms with Crippen LogP contribution >= 0.6 is 0 Å². The second-order valence-electron chi connectivity index (χ2n) is 12.0. The normalized spacial score (nSPS) is 16.9. The van der Waals surface area contributed by atoms with Gasteiger partial charge in [-0.3, -0.25) is 0 Å². The second-order valence-corrected chi connectivity index (χ2v) is 14.1. The highest BCUT2D eigenvalue weighted by atomic mass is 32.2. The average Bonchev–Trinajstić information content (AvgIpc) is 3.14. The van der Waals surface area contributed by atoms with E-state index in [-0.39, 0.29) is 40.0 Å². The fourth-order valence-electron chi connectivity index (χ4n) is 5.91. The fourth-order valence-corrected chi connectivity index (χ4v) is 6.62. The lowest BCUT2D eigenvalue weighted by atomic mass is 9.95. The van der Waals surface area contributed by atoms with Gasteiger partial charge >= 0.3 is 6.09 Å². The summed E-state index contributed by atoms with van der Waals surface area (Å²) in [6, 6.07) is 7.60. The van der Waals surface area contributed by atoms with Crippen molar-refractivity contribution in [2.45, 2.75) is 57.3 Å². The van der Waals surface area contributed by atoms with E-state index in [1.165, 1.54) is 13.0 Å². The number of fused-ring (bicyclic) bond motifs is 3. The maximum atomic E-state index is 16.7. The van der Waals surface area contributed by atoms with Crippen LogP contribution in [0.1, 0.15) is 45.4 Å². The lowest BCUT2D eigenvalue weighted by molar-refractivity contribution is 0.0212. The van der Waals surface area contributed by atoms with E-state index in [0.29, 0.717) is 54.3 Å². The first kappa shape index (κ1) is 29.7. The minimum Gasteiger partial charge on any atom is -0.444 e. The first-order valence-electron chi connectivity index (χ1n) is 14.4. The van der Waals surface area contributed by atoms with Gasteiger partial charge in [-0.15, -0.1) is 6.42 Å². The van der Waals surface area contributed by atoms with Gasteiger partial charge in [-0.05, 0) is 45.1 Å². The second kappa shape index (κ2) is 10.7. The number of terminal acetylenes is 1. The molecule has 4 aromatic rings. The molecule has 228 valence electrons. The van der Waals surface area contributed by atoms with E-state index in [1.807, 2.05) is 4.90 Å². The molecule has 1 saturated heterocycles. The third-order valence-electron chi connectivity index (χ3n) is 7.99. The standard InChI is InChI=1S/C32H31F2N5O4S/c1-6-20-22(33)13-11-18-9-8-10-21(24(18)20)27-26(34)28-25-23(35-27)14-12-19-17-38(31(40)43-32(3,4)5)15-16-39(19)29(25)37-30(36-28)44(41,42)7-2/h1,8-11,13,19H,7,12,14-17H2,2-5H3/t19-/m1/s1. The van der Waals surface area contributed by atoms with Crippen molar-refractivity contribution in [1.29, 1.82) is 0 Å². The summed E-state index contributed by atoms with van der Waals surface area (Å²) in [6.45, 7) is 7.77. The quantitative estimate of drug-likeness (QED) is 0.226. The van der Waals surface area contributed by atoms with E-state index in [2.05, 4.69) is 15.9 Å². The molecule has 0 radical (unpaired) electrons. The van der Waals surface area contributed by atoms with E-state index in [1.54, 1.807) is 49.9 Å². The molecule has 2 aliphatic heterocycles. The molecule has 0 aliphatic carbocycles. The Bertz CT molecular complexity index is 2000.